The lowest BCUT2D eigenvalue weighted by Gasteiger charge is -2.09. The van der Waals surface area contributed by atoms with Gasteiger partial charge in [0, 0.05) is 17.1 Å². The Morgan fingerprint density at radius 3 is 2.33 bits per heavy atom. The topological polar surface area (TPSA) is 114 Å². The third-order valence-corrected chi connectivity index (χ3v) is 4.32. The van der Waals surface area contributed by atoms with Crippen molar-refractivity contribution >= 4 is 17.8 Å². The molecule has 0 aliphatic rings. The Hall–Kier alpha value is -3.68. The van der Waals surface area contributed by atoms with E-state index in [0.717, 1.165) is 28.2 Å². The number of nitrogens with zero attached hydrogens (tertiary/aromatic N) is 2. The lowest BCUT2D eigenvalue weighted by molar-refractivity contribution is -0.386. The molecule has 0 saturated carbocycles. The number of nitro groups is 1. The summed E-state index contributed by atoms with van der Waals surface area (Å²) in [6.45, 7) is 5.91. The van der Waals surface area contributed by atoms with Crippen LogP contribution in [0.4, 0.5) is 5.69 Å². The molecule has 0 amide bonds. The first-order valence-electron chi connectivity index (χ1n) is 8.23. The maximum Gasteiger partial charge on any atom is 0.357 e. The van der Waals surface area contributed by atoms with Gasteiger partial charge in [-0.3, -0.25) is 19.9 Å². The largest absolute Gasteiger partial charge is 0.357 e. The van der Waals surface area contributed by atoms with Crippen LogP contribution in [0.1, 0.15) is 28.2 Å². The Kier molecular flexibility index (Phi) is 4.64. The van der Waals surface area contributed by atoms with Crippen molar-refractivity contribution in [3.8, 4) is 5.69 Å². The van der Waals surface area contributed by atoms with Crippen LogP contribution in [0.3, 0.4) is 0 Å². The lowest BCUT2D eigenvalue weighted by atomic mass is 10.2. The molecular weight excluding hydrogens is 348 g/mol. The van der Waals surface area contributed by atoms with E-state index in [1.54, 1.807) is 6.08 Å². The van der Waals surface area contributed by atoms with E-state index < -0.39 is 21.9 Å². The molecule has 0 aliphatic heterocycles. The van der Waals surface area contributed by atoms with Gasteiger partial charge in [-0.15, -0.1) is 0 Å². The molecule has 27 heavy (non-hydrogen) atoms. The number of aromatic nitrogens is 3. The number of hydrogen-bond donors (Lipinski definition) is 2. The number of hydrogen-bond acceptors (Lipinski definition) is 4. The zero-order chi connectivity index (χ0) is 19.7. The second kappa shape index (κ2) is 6.91. The second-order valence-corrected chi connectivity index (χ2v) is 6.26. The van der Waals surface area contributed by atoms with E-state index in [9.17, 15) is 19.7 Å². The average molecular weight is 366 g/mol. The first kappa shape index (κ1) is 18.1. The standard InChI is InChI=1S/C19H18N4O4/c1-11-4-7-15(8-5-11)22-12(2)10-14(13(22)3)6-9-16-17(23(26)27)18(24)21-19(25)20-16/h4-10H,1-3H3,(H2,20,21,24,25)/b9-6+. The highest BCUT2D eigenvalue weighted by atomic mass is 16.6. The van der Waals surface area contributed by atoms with Crippen molar-refractivity contribution in [2.24, 2.45) is 0 Å². The minimum atomic E-state index is -1.03. The molecule has 8 heteroatoms. The third kappa shape index (κ3) is 3.50. The van der Waals surface area contributed by atoms with Gasteiger partial charge in [-0.1, -0.05) is 23.8 Å². The van der Waals surface area contributed by atoms with Gasteiger partial charge in [-0.25, -0.2) is 4.79 Å². The van der Waals surface area contributed by atoms with Gasteiger partial charge in [0.15, 0.2) is 0 Å². The molecule has 138 valence electrons. The number of aryl methyl sites for hydroxylation is 2. The Balaban J connectivity index is 2.07. The molecule has 0 aliphatic carbocycles. The van der Waals surface area contributed by atoms with Crippen molar-refractivity contribution in [3.05, 3.63) is 89.5 Å². The van der Waals surface area contributed by atoms with Gasteiger partial charge < -0.3 is 9.55 Å². The summed E-state index contributed by atoms with van der Waals surface area (Å²) in [5, 5.41) is 11.1. The molecule has 2 aromatic heterocycles. The summed E-state index contributed by atoms with van der Waals surface area (Å²) in [4.78, 5) is 37.6. The van der Waals surface area contributed by atoms with Crippen LogP contribution in [0, 0.1) is 30.9 Å². The van der Waals surface area contributed by atoms with Gasteiger partial charge in [0.2, 0.25) is 0 Å². The summed E-state index contributed by atoms with van der Waals surface area (Å²) < 4.78 is 2.06. The number of rotatable bonds is 4. The van der Waals surface area contributed by atoms with Gasteiger partial charge in [0.05, 0.1) is 4.92 Å². The zero-order valence-corrected chi connectivity index (χ0v) is 15.1. The fourth-order valence-corrected chi connectivity index (χ4v) is 3.02. The second-order valence-electron chi connectivity index (χ2n) is 6.26. The Bertz CT molecular complexity index is 1160. The van der Waals surface area contributed by atoms with Crippen molar-refractivity contribution in [2.45, 2.75) is 20.8 Å². The predicted molar refractivity (Wildman–Crippen MR) is 103 cm³/mol. The molecule has 8 nitrogen and oxygen atoms in total. The average Bonchev–Trinajstić information content (AvgIpc) is 2.87. The summed E-state index contributed by atoms with van der Waals surface area (Å²) in [6, 6.07) is 10.0. The number of benzene rings is 1. The molecule has 1 aromatic carbocycles. The molecule has 0 radical (unpaired) electrons. The van der Waals surface area contributed by atoms with Gasteiger partial charge in [0.1, 0.15) is 5.69 Å². The molecule has 3 rings (SSSR count). The number of aromatic amines is 2. The minimum Gasteiger partial charge on any atom is -0.318 e. The molecule has 0 bridgehead atoms. The highest BCUT2D eigenvalue weighted by Crippen LogP contribution is 2.23. The van der Waals surface area contributed by atoms with Gasteiger partial charge in [-0.05, 0) is 50.6 Å². The van der Waals surface area contributed by atoms with E-state index >= 15 is 0 Å². The molecule has 0 saturated heterocycles. The smallest absolute Gasteiger partial charge is 0.318 e. The summed E-state index contributed by atoms with van der Waals surface area (Å²) in [6.07, 6.45) is 3.01. The van der Waals surface area contributed by atoms with Crippen molar-refractivity contribution in [1.82, 2.24) is 14.5 Å². The highest BCUT2D eigenvalue weighted by Gasteiger charge is 2.19. The molecule has 2 heterocycles. The third-order valence-electron chi connectivity index (χ3n) is 4.32. The van der Waals surface area contributed by atoms with Gasteiger partial charge >= 0.3 is 16.9 Å². The maximum absolute atomic E-state index is 11.7. The summed E-state index contributed by atoms with van der Waals surface area (Å²) >= 11 is 0. The number of H-pyrrole nitrogens is 2. The van der Waals surface area contributed by atoms with Crippen LogP contribution in [-0.4, -0.2) is 19.5 Å². The maximum atomic E-state index is 11.7. The summed E-state index contributed by atoms with van der Waals surface area (Å²) in [5.74, 6) is 0. The Morgan fingerprint density at radius 2 is 1.70 bits per heavy atom. The van der Waals surface area contributed by atoms with Crippen molar-refractivity contribution in [2.75, 3.05) is 0 Å². The van der Waals surface area contributed by atoms with Crippen molar-refractivity contribution in [3.63, 3.8) is 0 Å². The fourth-order valence-electron chi connectivity index (χ4n) is 3.02. The normalized spacial score (nSPS) is 11.2. The van der Waals surface area contributed by atoms with Crippen LogP contribution in [0.15, 0.2) is 39.9 Å². The zero-order valence-electron chi connectivity index (χ0n) is 15.1. The van der Waals surface area contributed by atoms with Gasteiger partial charge in [-0.2, -0.15) is 0 Å². The molecule has 0 fully saturated rings. The van der Waals surface area contributed by atoms with Crippen LogP contribution in [0.5, 0.6) is 0 Å². The number of nitrogens with one attached hydrogen (secondary N) is 2. The van der Waals surface area contributed by atoms with Crippen molar-refractivity contribution < 1.29 is 4.92 Å². The molecule has 0 spiro atoms. The monoisotopic (exact) mass is 366 g/mol. The van der Waals surface area contributed by atoms with Crippen LogP contribution >= 0.6 is 0 Å². The summed E-state index contributed by atoms with van der Waals surface area (Å²) in [5.41, 5.74) is 2.24. The Morgan fingerprint density at radius 1 is 1.04 bits per heavy atom. The van der Waals surface area contributed by atoms with E-state index in [1.807, 2.05) is 56.1 Å². The van der Waals surface area contributed by atoms with Crippen LogP contribution in [-0.2, 0) is 0 Å². The molecule has 3 aromatic rings. The minimum absolute atomic E-state index is 0.145. The van der Waals surface area contributed by atoms with E-state index in [1.165, 1.54) is 6.08 Å². The Labute approximate surface area is 154 Å². The molecule has 0 atom stereocenters. The van der Waals surface area contributed by atoms with Crippen LogP contribution < -0.4 is 11.2 Å². The molecule has 0 unspecified atom stereocenters. The quantitative estimate of drug-likeness (QED) is 0.546. The van der Waals surface area contributed by atoms with E-state index in [-0.39, 0.29) is 5.69 Å². The first-order chi connectivity index (χ1) is 12.8. The molecular formula is C19H18N4O4. The van der Waals surface area contributed by atoms with Crippen LogP contribution in [0.25, 0.3) is 17.8 Å². The SMILES string of the molecule is Cc1ccc(-n2c(C)cc(/C=C/c3[nH]c(=O)[nH]c(=O)c3[N+](=O)[O-])c2C)cc1. The van der Waals surface area contributed by atoms with Crippen LogP contribution in [0.2, 0.25) is 0 Å². The fraction of sp³-hybridized carbons (Fsp3) is 0.158. The van der Waals surface area contributed by atoms with E-state index in [2.05, 4.69) is 9.55 Å². The summed E-state index contributed by atoms with van der Waals surface area (Å²) in [7, 11) is 0. The molecule has 2 N–H and O–H groups in total. The van der Waals surface area contributed by atoms with Crippen molar-refractivity contribution in [1.29, 1.82) is 0 Å². The van der Waals surface area contributed by atoms with E-state index in [4.69, 9.17) is 0 Å². The highest BCUT2D eigenvalue weighted by molar-refractivity contribution is 5.73. The van der Waals surface area contributed by atoms with Gasteiger partial charge in [0.25, 0.3) is 0 Å². The predicted octanol–water partition coefficient (Wildman–Crippen LogP) is 2.86. The lowest BCUT2D eigenvalue weighted by Crippen LogP contribution is -2.25. The van der Waals surface area contributed by atoms with E-state index in [0.29, 0.717) is 0 Å². The first-order valence-corrected chi connectivity index (χ1v) is 8.23.